The SMILES string of the molecule is CCOc1ccc(C(=O)Nc2cccc(C(C)=O)c2)cc1CN(C)S(=O)(=O)c1ccccc1. The van der Waals surface area contributed by atoms with Crippen LogP contribution in [-0.4, -0.2) is 38.1 Å². The zero-order valence-electron chi connectivity index (χ0n) is 18.7. The number of ketones is 1. The molecule has 7 nitrogen and oxygen atoms in total. The summed E-state index contributed by atoms with van der Waals surface area (Å²) in [6.07, 6.45) is 0. The molecule has 8 heteroatoms. The van der Waals surface area contributed by atoms with E-state index in [-0.39, 0.29) is 23.1 Å². The molecule has 0 aromatic heterocycles. The van der Waals surface area contributed by atoms with Crippen LogP contribution in [0.4, 0.5) is 5.69 Å². The van der Waals surface area contributed by atoms with Gasteiger partial charge in [0.1, 0.15) is 5.75 Å². The molecule has 3 rings (SSSR count). The third-order valence-corrected chi connectivity index (χ3v) is 6.81. The zero-order chi connectivity index (χ0) is 24.0. The Kier molecular flexibility index (Phi) is 7.63. The van der Waals surface area contributed by atoms with Crippen molar-refractivity contribution in [2.24, 2.45) is 0 Å². The first-order chi connectivity index (χ1) is 15.7. The van der Waals surface area contributed by atoms with Crippen molar-refractivity contribution in [3.05, 3.63) is 89.5 Å². The van der Waals surface area contributed by atoms with E-state index in [1.165, 1.54) is 30.4 Å². The number of carbonyl (C=O) groups is 2. The minimum absolute atomic E-state index is 0.0213. The molecule has 3 aromatic rings. The van der Waals surface area contributed by atoms with Crippen LogP contribution in [0.3, 0.4) is 0 Å². The minimum atomic E-state index is -3.72. The van der Waals surface area contributed by atoms with Gasteiger partial charge in [0.15, 0.2) is 5.78 Å². The maximum Gasteiger partial charge on any atom is 0.255 e. The van der Waals surface area contributed by atoms with Crippen LogP contribution in [0.15, 0.2) is 77.7 Å². The van der Waals surface area contributed by atoms with Crippen molar-refractivity contribution in [2.75, 3.05) is 19.0 Å². The molecular formula is C25H26N2O5S. The van der Waals surface area contributed by atoms with Gasteiger partial charge in [0.05, 0.1) is 11.5 Å². The van der Waals surface area contributed by atoms with E-state index in [4.69, 9.17) is 4.74 Å². The first-order valence-corrected chi connectivity index (χ1v) is 11.9. The number of sulfonamides is 1. The number of nitrogens with zero attached hydrogens (tertiary/aromatic N) is 1. The molecule has 0 saturated carbocycles. The van der Waals surface area contributed by atoms with Gasteiger partial charge in [-0.15, -0.1) is 0 Å². The Labute approximate surface area is 194 Å². The number of carbonyl (C=O) groups excluding carboxylic acids is 2. The van der Waals surface area contributed by atoms with Crippen LogP contribution >= 0.6 is 0 Å². The summed E-state index contributed by atoms with van der Waals surface area (Å²) < 4.78 is 32.7. The summed E-state index contributed by atoms with van der Waals surface area (Å²) in [5, 5.41) is 2.78. The van der Waals surface area contributed by atoms with Crippen LogP contribution in [0.1, 0.15) is 40.1 Å². The smallest absolute Gasteiger partial charge is 0.255 e. The lowest BCUT2D eigenvalue weighted by atomic mass is 10.1. The van der Waals surface area contributed by atoms with Crippen LogP contribution in [0, 0.1) is 0 Å². The van der Waals surface area contributed by atoms with Crippen LogP contribution in [0.2, 0.25) is 0 Å². The van der Waals surface area contributed by atoms with E-state index >= 15 is 0 Å². The summed E-state index contributed by atoms with van der Waals surface area (Å²) in [6.45, 7) is 3.70. The molecular weight excluding hydrogens is 440 g/mol. The van der Waals surface area contributed by atoms with Crippen molar-refractivity contribution in [3.8, 4) is 5.75 Å². The molecule has 0 spiro atoms. The highest BCUT2D eigenvalue weighted by Crippen LogP contribution is 2.25. The fourth-order valence-electron chi connectivity index (χ4n) is 3.26. The number of ether oxygens (including phenoxy) is 1. The van der Waals surface area contributed by atoms with Gasteiger partial charge in [0.2, 0.25) is 10.0 Å². The number of anilines is 1. The van der Waals surface area contributed by atoms with Crippen molar-refractivity contribution in [3.63, 3.8) is 0 Å². The topological polar surface area (TPSA) is 92.8 Å². The normalized spacial score (nSPS) is 11.3. The fourth-order valence-corrected chi connectivity index (χ4v) is 4.43. The Morgan fingerprint density at radius 2 is 1.67 bits per heavy atom. The van der Waals surface area contributed by atoms with Gasteiger partial charge in [-0.2, -0.15) is 4.31 Å². The Morgan fingerprint density at radius 1 is 0.939 bits per heavy atom. The summed E-state index contributed by atoms with van der Waals surface area (Å²) in [5.41, 5.74) is 1.89. The monoisotopic (exact) mass is 466 g/mol. The Morgan fingerprint density at radius 3 is 2.33 bits per heavy atom. The Bertz CT molecular complexity index is 1260. The van der Waals surface area contributed by atoms with Crippen molar-refractivity contribution >= 4 is 27.4 Å². The molecule has 0 unspecified atom stereocenters. The highest BCUT2D eigenvalue weighted by Gasteiger charge is 2.22. The number of Topliss-reactive ketones (excluding diaryl/α,β-unsaturated/α-hetero) is 1. The number of hydrogen-bond acceptors (Lipinski definition) is 5. The van der Waals surface area contributed by atoms with E-state index < -0.39 is 10.0 Å². The third-order valence-electron chi connectivity index (χ3n) is 4.99. The van der Waals surface area contributed by atoms with Crippen LogP contribution in [-0.2, 0) is 16.6 Å². The third kappa shape index (κ3) is 5.85. The van der Waals surface area contributed by atoms with E-state index in [1.54, 1.807) is 60.7 Å². The molecule has 0 radical (unpaired) electrons. The molecule has 0 atom stereocenters. The number of amides is 1. The van der Waals surface area contributed by atoms with Crippen molar-refractivity contribution in [1.82, 2.24) is 4.31 Å². The molecule has 33 heavy (non-hydrogen) atoms. The van der Waals surface area contributed by atoms with Crippen LogP contribution in [0.25, 0.3) is 0 Å². The average molecular weight is 467 g/mol. The molecule has 0 aliphatic carbocycles. The van der Waals surface area contributed by atoms with E-state index in [0.717, 1.165) is 0 Å². The lowest BCUT2D eigenvalue weighted by molar-refractivity contribution is 0.101. The van der Waals surface area contributed by atoms with E-state index in [9.17, 15) is 18.0 Å². The van der Waals surface area contributed by atoms with Crippen molar-refractivity contribution in [2.45, 2.75) is 25.3 Å². The second kappa shape index (κ2) is 10.4. The van der Waals surface area contributed by atoms with Gasteiger partial charge in [-0.25, -0.2) is 8.42 Å². The highest BCUT2D eigenvalue weighted by atomic mass is 32.2. The number of rotatable bonds is 9. The standard InChI is InChI=1S/C25H26N2O5S/c1-4-32-24-14-13-20(25(29)26-22-10-8-9-19(16-22)18(2)28)15-21(24)17-27(3)33(30,31)23-11-6-5-7-12-23/h5-16H,4,17H2,1-3H3,(H,26,29). The predicted octanol–water partition coefficient (Wildman–Crippen LogP) is 4.36. The van der Waals surface area contributed by atoms with Crippen LogP contribution < -0.4 is 10.1 Å². The molecule has 0 heterocycles. The molecule has 172 valence electrons. The first kappa shape index (κ1) is 24.2. The van der Waals surface area contributed by atoms with Crippen molar-refractivity contribution in [1.29, 1.82) is 0 Å². The molecule has 1 N–H and O–H groups in total. The maximum atomic E-state index is 12.9. The summed E-state index contributed by atoms with van der Waals surface area (Å²) >= 11 is 0. The van der Waals surface area contributed by atoms with Crippen molar-refractivity contribution < 1.29 is 22.7 Å². The molecule has 0 aliphatic rings. The van der Waals surface area contributed by atoms with Gasteiger partial charge in [-0.05, 0) is 56.3 Å². The zero-order valence-corrected chi connectivity index (χ0v) is 19.6. The van der Waals surface area contributed by atoms with E-state index in [0.29, 0.717) is 34.7 Å². The minimum Gasteiger partial charge on any atom is -0.494 e. The molecule has 1 amide bonds. The second-order valence-corrected chi connectivity index (χ2v) is 9.47. The Hall–Kier alpha value is -3.49. The average Bonchev–Trinajstić information content (AvgIpc) is 2.81. The van der Waals surface area contributed by atoms with Gasteiger partial charge in [-0.3, -0.25) is 9.59 Å². The van der Waals surface area contributed by atoms with Crippen LogP contribution in [0.5, 0.6) is 5.75 Å². The number of nitrogens with one attached hydrogen (secondary N) is 1. The lowest BCUT2D eigenvalue weighted by Crippen LogP contribution is -2.27. The fraction of sp³-hybridized carbons (Fsp3) is 0.200. The van der Waals surface area contributed by atoms with Gasteiger partial charge in [0.25, 0.3) is 5.91 Å². The largest absolute Gasteiger partial charge is 0.494 e. The van der Waals surface area contributed by atoms with E-state index in [2.05, 4.69) is 5.32 Å². The molecule has 0 fully saturated rings. The second-order valence-electron chi connectivity index (χ2n) is 7.42. The summed E-state index contributed by atoms with van der Waals surface area (Å²) in [5.74, 6) is 0.0217. The van der Waals surface area contributed by atoms with Gasteiger partial charge >= 0.3 is 0 Å². The van der Waals surface area contributed by atoms with Gasteiger partial charge in [0, 0.05) is 36.0 Å². The molecule has 0 bridgehead atoms. The summed E-state index contributed by atoms with van der Waals surface area (Å²) in [6, 6.07) is 19.7. The summed E-state index contributed by atoms with van der Waals surface area (Å²) in [7, 11) is -2.23. The lowest BCUT2D eigenvalue weighted by Gasteiger charge is -2.20. The molecule has 0 aliphatic heterocycles. The predicted molar refractivity (Wildman–Crippen MR) is 127 cm³/mol. The highest BCUT2D eigenvalue weighted by molar-refractivity contribution is 7.89. The maximum absolute atomic E-state index is 12.9. The number of benzene rings is 3. The quantitative estimate of drug-likeness (QED) is 0.473. The molecule has 0 saturated heterocycles. The number of hydrogen-bond donors (Lipinski definition) is 1. The Balaban J connectivity index is 1.87. The molecule has 3 aromatic carbocycles. The van der Waals surface area contributed by atoms with E-state index in [1.807, 2.05) is 6.92 Å². The summed E-state index contributed by atoms with van der Waals surface area (Å²) in [4.78, 5) is 24.6. The van der Waals surface area contributed by atoms with Gasteiger partial charge in [-0.1, -0.05) is 30.3 Å². The first-order valence-electron chi connectivity index (χ1n) is 10.4. The van der Waals surface area contributed by atoms with Gasteiger partial charge < -0.3 is 10.1 Å².